The van der Waals surface area contributed by atoms with Crippen molar-refractivity contribution < 1.29 is 14.0 Å². The third-order valence-electron chi connectivity index (χ3n) is 3.25. The van der Waals surface area contributed by atoms with Gasteiger partial charge in [0.05, 0.1) is 4.88 Å². The van der Waals surface area contributed by atoms with Gasteiger partial charge in [-0.2, -0.15) is 0 Å². The summed E-state index contributed by atoms with van der Waals surface area (Å²) in [5.41, 5.74) is 1.33. The van der Waals surface area contributed by atoms with Gasteiger partial charge >= 0.3 is 0 Å². The van der Waals surface area contributed by atoms with Crippen LogP contribution in [0.3, 0.4) is 0 Å². The number of benzene rings is 1. The predicted octanol–water partition coefficient (Wildman–Crippen LogP) is 3.33. The third-order valence-corrected chi connectivity index (χ3v) is 4.11. The minimum atomic E-state index is -0.150. The van der Waals surface area contributed by atoms with Crippen LogP contribution in [0, 0.1) is 0 Å². The van der Waals surface area contributed by atoms with Crippen molar-refractivity contribution in [2.24, 2.45) is 0 Å². The number of hydrogen-bond acceptors (Lipinski definition) is 6. The van der Waals surface area contributed by atoms with Crippen molar-refractivity contribution in [2.75, 3.05) is 10.6 Å². The number of carbonyl (C=O) groups is 2. The van der Waals surface area contributed by atoms with Gasteiger partial charge in [-0.15, -0.1) is 21.5 Å². The first kappa shape index (κ1) is 16.8. The first-order valence-corrected chi connectivity index (χ1v) is 8.52. The molecule has 0 fully saturated rings. The van der Waals surface area contributed by atoms with Crippen molar-refractivity contribution in [2.45, 2.75) is 19.8 Å². The molecular formula is C17H16N4O3S. The number of nitrogens with one attached hydrogen (secondary N) is 2. The number of hydrogen-bond donors (Lipinski definition) is 2. The molecule has 2 heterocycles. The Morgan fingerprint density at radius 3 is 2.44 bits per heavy atom. The Labute approximate surface area is 148 Å². The maximum atomic E-state index is 12.0. The van der Waals surface area contributed by atoms with E-state index in [0.29, 0.717) is 29.6 Å². The van der Waals surface area contributed by atoms with Crippen LogP contribution in [0.5, 0.6) is 0 Å². The Hall–Kier alpha value is -3.00. The average molecular weight is 356 g/mol. The maximum absolute atomic E-state index is 12.0. The lowest BCUT2D eigenvalue weighted by Gasteiger charge is -2.06. The Morgan fingerprint density at radius 2 is 1.80 bits per heavy atom. The second kappa shape index (κ2) is 7.71. The van der Waals surface area contributed by atoms with Gasteiger partial charge in [0, 0.05) is 31.1 Å². The van der Waals surface area contributed by atoms with Crippen LogP contribution in [0.4, 0.5) is 11.4 Å². The molecule has 7 nitrogen and oxygen atoms in total. The third kappa shape index (κ3) is 4.74. The standard InChI is InChI=1S/C17H16N4O3S/c1-11(22)18-12-4-6-13(7-5-12)19-15(23)8-9-16-20-21-17(24-16)14-3-2-10-25-14/h2-7,10H,8-9H2,1H3,(H,18,22)(H,19,23). The van der Waals surface area contributed by atoms with Gasteiger partial charge in [0.2, 0.25) is 17.7 Å². The zero-order valence-corrected chi connectivity index (χ0v) is 14.3. The van der Waals surface area contributed by atoms with Crippen LogP contribution in [0.1, 0.15) is 19.2 Å². The summed E-state index contributed by atoms with van der Waals surface area (Å²) in [6.07, 6.45) is 0.605. The molecule has 8 heteroatoms. The molecule has 0 saturated carbocycles. The van der Waals surface area contributed by atoms with Gasteiger partial charge in [-0.25, -0.2) is 0 Å². The van der Waals surface area contributed by atoms with Crippen LogP contribution in [0.2, 0.25) is 0 Å². The summed E-state index contributed by atoms with van der Waals surface area (Å²) in [5, 5.41) is 15.3. The number of thiophene rings is 1. The summed E-state index contributed by atoms with van der Waals surface area (Å²) < 4.78 is 5.55. The number of amides is 2. The zero-order valence-electron chi connectivity index (χ0n) is 13.5. The van der Waals surface area contributed by atoms with Crippen molar-refractivity contribution in [3.05, 3.63) is 47.7 Å². The molecule has 0 spiro atoms. The van der Waals surface area contributed by atoms with Crippen LogP contribution in [-0.2, 0) is 16.0 Å². The predicted molar refractivity (Wildman–Crippen MR) is 95.3 cm³/mol. The van der Waals surface area contributed by atoms with E-state index < -0.39 is 0 Å². The number of rotatable bonds is 6. The monoisotopic (exact) mass is 356 g/mol. The molecule has 0 unspecified atom stereocenters. The van der Waals surface area contributed by atoms with Crippen molar-refractivity contribution in [3.8, 4) is 10.8 Å². The highest BCUT2D eigenvalue weighted by Crippen LogP contribution is 2.23. The molecule has 2 aromatic heterocycles. The van der Waals surface area contributed by atoms with Crippen LogP contribution in [0.15, 0.2) is 46.2 Å². The van der Waals surface area contributed by atoms with E-state index in [1.165, 1.54) is 18.3 Å². The van der Waals surface area contributed by atoms with Gasteiger partial charge in [0.1, 0.15) is 0 Å². The number of carbonyl (C=O) groups excluding carboxylic acids is 2. The van der Waals surface area contributed by atoms with Gasteiger partial charge in [-0.3, -0.25) is 9.59 Å². The highest BCUT2D eigenvalue weighted by atomic mass is 32.1. The number of anilines is 2. The molecule has 2 amide bonds. The van der Waals surface area contributed by atoms with E-state index in [0.717, 1.165) is 4.88 Å². The minimum Gasteiger partial charge on any atom is -0.420 e. The molecule has 0 aliphatic rings. The SMILES string of the molecule is CC(=O)Nc1ccc(NC(=O)CCc2nnc(-c3cccs3)o2)cc1. The van der Waals surface area contributed by atoms with Gasteiger partial charge in [-0.1, -0.05) is 6.07 Å². The largest absolute Gasteiger partial charge is 0.420 e. The van der Waals surface area contributed by atoms with Crippen molar-refractivity contribution in [3.63, 3.8) is 0 Å². The van der Waals surface area contributed by atoms with E-state index in [9.17, 15) is 9.59 Å². The first-order valence-electron chi connectivity index (χ1n) is 7.64. The molecule has 1 aromatic carbocycles. The van der Waals surface area contributed by atoms with Crippen LogP contribution >= 0.6 is 11.3 Å². The molecular weight excluding hydrogens is 340 g/mol. The minimum absolute atomic E-state index is 0.140. The van der Waals surface area contributed by atoms with Crippen molar-refractivity contribution in [1.82, 2.24) is 10.2 Å². The van der Waals surface area contributed by atoms with E-state index in [2.05, 4.69) is 20.8 Å². The lowest BCUT2D eigenvalue weighted by atomic mass is 10.2. The number of aromatic nitrogens is 2. The topological polar surface area (TPSA) is 97.1 Å². The summed E-state index contributed by atoms with van der Waals surface area (Å²) in [7, 11) is 0. The lowest BCUT2D eigenvalue weighted by Crippen LogP contribution is -2.12. The molecule has 128 valence electrons. The maximum Gasteiger partial charge on any atom is 0.257 e. The highest BCUT2D eigenvalue weighted by molar-refractivity contribution is 7.13. The highest BCUT2D eigenvalue weighted by Gasteiger charge is 2.11. The molecule has 0 aliphatic heterocycles. The summed E-state index contributed by atoms with van der Waals surface area (Å²) in [4.78, 5) is 23.9. The molecule has 0 aliphatic carbocycles. The zero-order chi connectivity index (χ0) is 17.6. The quantitative estimate of drug-likeness (QED) is 0.706. The summed E-state index contributed by atoms with van der Waals surface area (Å²) in [5.74, 6) is 0.611. The van der Waals surface area contributed by atoms with Gasteiger partial charge in [0.25, 0.3) is 5.89 Å². The van der Waals surface area contributed by atoms with Crippen molar-refractivity contribution in [1.29, 1.82) is 0 Å². The molecule has 0 saturated heterocycles. The Kier molecular flexibility index (Phi) is 5.20. The van der Waals surface area contributed by atoms with E-state index in [1.54, 1.807) is 24.3 Å². The second-order valence-corrected chi connectivity index (χ2v) is 6.23. The molecule has 0 atom stereocenters. The fourth-order valence-electron chi connectivity index (χ4n) is 2.14. The van der Waals surface area contributed by atoms with Crippen LogP contribution in [-0.4, -0.2) is 22.0 Å². The Bertz CT molecular complexity index is 856. The fraction of sp³-hybridized carbons (Fsp3) is 0.176. The van der Waals surface area contributed by atoms with Crippen LogP contribution < -0.4 is 10.6 Å². The summed E-state index contributed by atoms with van der Waals surface area (Å²) in [6.45, 7) is 1.44. The molecule has 0 radical (unpaired) electrons. The fourth-order valence-corrected chi connectivity index (χ4v) is 2.78. The Morgan fingerprint density at radius 1 is 1.08 bits per heavy atom. The van der Waals surface area contributed by atoms with Crippen LogP contribution in [0.25, 0.3) is 10.8 Å². The van der Waals surface area contributed by atoms with E-state index in [1.807, 2.05) is 17.5 Å². The molecule has 3 rings (SSSR count). The van der Waals surface area contributed by atoms with Gasteiger partial charge < -0.3 is 15.1 Å². The normalized spacial score (nSPS) is 10.4. The smallest absolute Gasteiger partial charge is 0.257 e. The van der Waals surface area contributed by atoms with Gasteiger partial charge in [0.15, 0.2) is 0 Å². The molecule has 0 bridgehead atoms. The lowest BCUT2D eigenvalue weighted by molar-refractivity contribution is -0.116. The number of aryl methyl sites for hydroxylation is 1. The van der Waals surface area contributed by atoms with Gasteiger partial charge in [-0.05, 0) is 35.7 Å². The molecule has 3 aromatic rings. The van der Waals surface area contributed by atoms with E-state index in [4.69, 9.17) is 4.42 Å². The number of nitrogens with zero attached hydrogens (tertiary/aromatic N) is 2. The summed E-state index contributed by atoms with van der Waals surface area (Å²) in [6, 6.07) is 10.7. The molecule has 2 N–H and O–H groups in total. The Balaban J connectivity index is 1.50. The first-order chi connectivity index (χ1) is 12.1. The average Bonchev–Trinajstić information content (AvgIpc) is 3.25. The van der Waals surface area contributed by atoms with Crippen molar-refractivity contribution >= 4 is 34.5 Å². The second-order valence-electron chi connectivity index (χ2n) is 5.28. The summed E-state index contributed by atoms with van der Waals surface area (Å²) >= 11 is 1.52. The van der Waals surface area contributed by atoms with E-state index >= 15 is 0 Å². The molecule has 25 heavy (non-hydrogen) atoms. The van der Waals surface area contributed by atoms with E-state index in [-0.39, 0.29) is 18.2 Å².